The van der Waals surface area contributed by atoms with Gasteiger partial charge in [0.1, 0.15) is 28.8 Å². The van der Waals surface area contributed by atoms with Crippen molar-refractivity contribution in [2.75, 3.05) is 5.32 Å². The molecule has 1 aliphatic heterocycles. The van der Waals surface area contributed by atoms with Crippen LogP contribution in [-0.4, -0.2) is 59.1 Å². The third kappa shape index (κ3) is 4.77. The van der Waals surface area contributed by atoms with E-state index in [0.717, 1.165) is 12.0 Å². The molecule has 5 heterocycles. The van der Waals surface area contributed by atoms with Crippen LogP contribution < -0.4 is 5.32 Å². The molecule has 0 radical (unpaired) electrons. The number of aromatic nitrogens is 5. The summed E-state index contributed by atoms with van der Waals surface area (Å²) in [4.78, 5) is 59.1. The first-order valence-corrected chi connectivity index (χ1v) is 14.4. The molecule has 10 nitrogen and oxygen atoms in total. The molecule has 6 rings (SSSR count). The quantitative estimate of drug-likeness (QED) is 0.236. The zero-order valence-electron chi connectivity index (χ0n) is 23.8. The highest BCUT2D eigenvalue weighted by Gasteiger charge is 2.64. The Kier molecular flexibility index (Phi) is 6.71. The fourth-order valence-electron chi connectivity index (χ4n) is 6.07. The molecule has 3 atom stereocenters. The van der Waals surface area contributed by atoms with Gasteiger partial charge in [-0.25, -0.2) is 19.3 Å². The number of Topliss-reactive ketones (excluding diaryl/α,β-unsaturated/α-hetero) is 1. The third-order valence-corrected chi connectivity index (χ3v) is 8.94. The molecular weight excluding hydrogens is 605 g/mol. The molecule has 2 aliphatic rings. The molecule has 0 spiro atoms. The number of rotatable bonds is 6. The van der Waals surface area contributed by atoms with E-state index < -0.39 is 11.9 Å². The summed E-state index contributed by atoms with van der Waals surface area (Å²) in [5.74, 6) is -0.368. The van der Waals surface area contributed by atoms with E-state index >= 15 is 0 Å². The number of pyridine rings is 2. The maximum atomic E-state index is 13.9. The average molecular weight is 635 g/mol. The summed E-state index contributed by atoms with van der Waals surface area (Å²) in [6, 6.07) is 2.36. The second kappa shape index (κ2) is 10.0. The molecule has 0 aromatic carbocycles. The number of amides is 2. The second-order valence-corrected chi connectivity index (χ2v) is 12.3. The minimum Gasteiger partial charge on any atom is -0.336 e. The third-order valence-electron chi connectivity index (χ3n) is 8.38. The Balaban J connectivity index is 1.31. The molecule has 2 amide bonds. The number of nitrogens with one attached hydrogen (secondary N) is 1. The summed E-state index contributed by atoms with van der Waals surface area (Å²) in [6.07, 6.45) is 6.41. The first-order chi connectivity index (χ1) is 19.9. The highest BCUT2D eigenvalue weighted by molar-refractivity contribution is 9.10. The number of piperidine rings is 1. The summed E-state index contributed by atoms with van der Waals surface area (Å²) < 4.78 is 15.6. The number of ketones is 1. The topological polar surface area (TPSA) is 123 Å². The minimum atomic E-state index is -0.701. The Morgan fingerprint density at radius 3 is 2.52 bits per heavy atom. The van der Waals surface area contributed by atoms with E-state index in [1.807, 2.05) is 13.0 Å². The van der Waals surface area contributed by atoms with Gasteiger partial charge in [-0.3, -0.25) is 19.4 Å². The van der Waals surface area contributed by atoms with Gasteiger partial charge in [-0.15, -0.1) is 0 Å². The van der Waals surface area contributed by atoms with Crippen LogP contribution >= 0.6 is 15.9 Å². The van der Waals surface area contributed by atoms with Crippen LogP contribution in [0.2, 0.25) is 0 Å². The summed E-state index contributed by atoms with van der Waals surface area (Å²) >= 11 is 3.07. The van der Waals surface area contributed by atoms with Crippen LogP contribution in [0, 0.1) is 32.0 Å². The van der Waals surface area contributed by atoms with Gasteiger partial charge in [0, 0.05) is 41.1 Å². The normalized spacial score (nSPS) is 21.0. The van der Waals surface area contributed by atoms with Gasteiger partial charge >= 0.3 is 0 Å². The maximum absolute atomic E-state index is 13.9. The van der Waals surface area contributed by atoms with Crippen molar-refractivity contribution in [3.8, 4) is 11.3 Å². The lowest BCUT2D eigenvalue weighted by Gasteiger charge is -2.27. The van der Waals surface area contributed by atoms with Crippen molar-refractivity contribution in [1.82, 2.24) is 29.4 Å². The number of aryl methyl sites for hydroxylation is 3. The van der Waals surface area contributed by atoms with Gasteiger partial charge in [0.25, 0.3) is 0 Å². The summed E-state index contributed by atoms with van der Waals surface area (Å²) in [5, 5.41) is 3.49. The first-order valence-electron chi connectivity index (χ1n) is 13.6. The van der Waals surface area contributed by atoms with Crippen LogP contribution in [0.1, 0.15) is 54.1 Å². The first kappa shape index (κ1) is 28.1. The van der Waals surface area contributed by atoms with Gasteiger partial charge in [-0.2, -0.15) is 0 Å². The van der Waals surface area contributed by atoms with Gasteiger partial charge in [-0.1, -0.05) is 6.92 Å². The lowest BCUT2D eigenvalue weighted by molar-refractivity contribution is -0.138. The number of carbonyl (C=O) groups is 3. The van der Waals surface area contributed by atoms with Gasteiger partial charge < -0.3 is 14.8 Å². The van der Waals surface area contributed by atoms with E-state index in [1.165, 1.54) is 13.0 Å². The Labute approximate surface area is 249 Å². The van der Waals surface area contributed by atoms with Crippen molar-refractivity contribution in [3.05, 3.63) is 63.8 Å². The largest absolute Gasteiger partial charge is 0.336 e. The SMILES string of the molecule is CC(=O)c1cn(CC(=O)N2C3C[C@]3(C)C[C@H]2C(=O)Nc2nc(Br)c(F)cc2C)c2c(C)nc(-c3cnc(C)nc3)cc12. The number of carbonyl (C=O) groups excluding carboxylic acids is 3. The number of likely N-dealkylation sites (tertiary alicyclic amines) is 1. The van der Waals surface area contributed by atoms with Crippen molar-refractivity contribution < 1.29 is 18.8 Å². The van der Waals surface area contributed by atoms with Gasteiger partial charge in [0.2, 0.25) is 11.8 Å². The molecular formula is C30H29BrFN7O3. The highest BCUT2D eigenvalue weighted by atomic mass is 79.9. The molecule has 1 N–H and O–H groups in total. The predicted molar refractivity (Wildman–Crippen MR) is 157 cm³/mol. The fourth-order valence-corrected chi connectivity index (χ4v) is 6.37. The molecule has 2 fully saturated rings. The minimum absolute atomic E-state index is 0.000339. The molecule has 1 aliphatic carbocycles. The van der Waals surface area contributed by atoms with Gasteiger partial charge in [0.15, 0.2) is 11.6 Å². The summed E-state index contributed by atoms with van der Waals surface area (Å²) in [5.41, 5.74) is 3.50. The van der Waals surface area contributed by atoms with Gasteiger partial charge in [0.05, 0.1) is 16.9 Å². The Morgan fingerprint density at radius 2 is 1.83 bits per heavy atom. The van der Waals surface area contributed by atoms with Crippen LogP contribution in [0.25, 0.3) is 22.2 Å². The number of hydrogen-bond donors (Lipinski definition) is 1. The lowest BCUT2D eigenvalue weighted by Crippen LogP contribution is -2.46. The van der Waals surface area contributed by atoms with E-state index in [4.69, 9.17) is 4.98 Å². The molecule has 1 unspecified atom stereocenters. The van der Waals surface area contributed by atoms with E-state index in [2.05, 4.69) is 43.1 Å². The fraction of sp³-hybridized carbons (Fsp3) is 0.367. The lowest BCUT2D eigenvalue weighted by atomic mass is 10.0. The van der Waals surface area contributed by atoms with Crippen molar-refractivity contribution in [2.24, 2.45) is 5.41 Å². The highest BCUT2D eigenvalue weighted by Crippen LogP contribution is 2.59. The molecule has 12 heteroatoms. The number of anilines is 1. The van der Waals surface area contributed by atoms with Crippen LogP contribution in [0.4, 0.5) is 10.2 Å². The maximum Gasteiger partial charge on any atom is 0.248 e. The molecule has 216 valence electrons. The molecule has 1 saturated heterocycles. The second-order valence-electron chi connectivity index (χ2n) is 11.5. The van der Waals surface area contributed by atoms with Crippen LogP contribution in [0.3, 0.4) is 0 Å². The standard InChI is InChI=1S/C30H29BrFN7O3/c1-14-6-21(32)27(31)36-28(14)37-29(42)23-8-30(5)9-24(30)39(23)25(41)13-38-12-20(16(3)40)19-7-22(35-15(2)26(19)38)18-10-33-17(4)34-11-18/h6-7,10-12,23-24H,8-9,13H2,1-5H3,(H,36,37,42)/t23-,24?,30-/m0/s1. The van der Waals surface area contributed by atoms with Crippen LogP contribution in [-0.2, 0) is 16.1 Å². The molecule has 1 saturated carbocycles. The summed E-state index contributed by atoms with van der Waals surface area (Å²) in [6.45, 7) is 8.81. The van der Waals surface area contributed by atoms with E-state index in [-0.39, 0.29) is 46.0 Å². The monoisotopic (exact) mass is 633 g/mol. The molecule has 4 aromatic heterocycles. The number of fused-ring (bicyclic) bond motifs is 2. The van der Waals surface area contributed by atoms with E-state index in [1.54, 1.807) is 41.9 Å². The van der Waals surface area contributed by atoms with E-state index in [9.17, 15) is 18.8 Å². The molecule has 0 bridgehead atoms. The molecule has 4 aromatic rings. The average Bonchev–Trinajstić information content (AvgIpc) is 3.28. The van der Waals surface area contributed by atoms with Crippen molar-refractivity contribution in [3.63, 3.8) is 0 Å². The number of hydrogen-bond acceptors (Lipinski definition) is 7. The zero-order chi connectivity index (χ0) is 30.1. The van der Waals surface area contributed by atoms with Crippen molar-refractivity contribution in [1.29, 1.82) is 0 Å². The van der Waals surface area contributed by atoms with Crippen LogP contribution in [0.15, 0.2) is 35.3 Å². The van der Waals surface area contributed by atoms with Crippen LogP contribution in [0.5, 0.6) is 0 Å². The summed E-state index contributed by atoms with van der Waals surface area (Å²) in [7, 11) is 0. The Hall–Kier alpha value is -4.06. The number of nitrogens with zero attached hydrogens (tertiary/aromatic N) is 6. The Bertz CT molecular complexity index is 1810. The smallest absolute Gasteiger partial charge is 0.248 e. The van der Waals surface area contributed by atoms with Crippen molar-refractivity contribution in [2.45, 2.75) is 66.1 Å². The van der Waals surface area contributed by atoms with Gasteiger partial charge in [-0.05, 0) is 79.6 Å². The van der Waals surface area contributed by atoms with E-state index in [0.29, 0.717) is 45.7 Å². The van der Waals surface area contributed by atoms with Crippen molar-refractivity contribution >= 4 is 50.2 Å². The molecule has 42 heavy (non-hydrogen) atoms. The zero-order valence-corrected chi connectivity index (χ0v) is 25.4. The predicted octanol–water partition coefficient (Wildman–Crippen LogP) is 4.94. The number of halogens is 2. The Morgan fingerprint density at radius 1 is 1.12 bits per heavy atom.